The van der Waals surface area contributed by atoms with Gasteiger partial charge in [0.15, 0.2) is 5.96 Å². The van der Waals surface area contributed by atoms with E-state index in [4.69, 9.17) is 4.74 Å². The zero-order valence-electron chi connectivity index (χ0n) is 17.8. The Hall–Kier alpha value is -1.81. The average Bonchev–Trinajstić information content (AvgIpc) is 3.12. The highest BCUT2D eigenvalue weighted by Crippen LogP contribution is 2.19. The van der Waals surface area contributed by atoms with Crippen LogP contribution in [0.2, 0.25) is 0 Å². The molecule has 2 aromatic rings. The van der Waals surface area contributed by atoms with E-state index in [9.17, 15) is 0 Å². The number of guanidine groups is 1. The van der Waals surface area contributed by atoms with Gasteiger partial charge in [-0.25, -0.2) is 0 Å². The summed E-state index contributed by atoms with van der Waals surface area (Å²) >= 11 is 0. The third-order valence-electron chi connectivity index (χ3n) is 5.19. The Morgan fingerprint density at radius 1 is 1.28 bits per heavy atom. The molecule has 0 aliphatic carbocycles. The summed E-state index contributed by atoms with van der Waals surface area (Å²) in [6.07, 6.45) is 6.26. The molecule has 1 aliphatic heterocycles. The van der Waals surface area contributed by atoms with Gasteiger partial charge in [0.2, 0.25) is 0 Å². The van der Waals surface area contributed by atoms with Crippen LogP contribution in [0.5, 0.6) is 5.75 Å². The highest BCUT2D eigenvalue weighted by atomic mass is 127. The molecule has 1 atom stereocenters. The fourth-order valence-electron chi connectivity index (χ4n) is 3.61. The lowest BCUT2D eigenvalue weighted by Crippen LogP contribution is -2.49. The van der Waals surface area contributed by atoms with Gasteiger partial charge in [-0.3, -0.25) is 9.67 Å². The molecule has 3 rings (SSSR count). The van der Waals surface area contributed by atoms with E-state index >= 15 is 0 Å². The summed E-state index contributed by atoms with van der Waals surface area (Å²) in [6.45, 7) is 2.67. The fourth-order valence-corrected chi connectivity index (χ4v) is 3.61. The van der Waals surface area contributed by atoms with Crippen molar-refractivity contribution in [2.75, 3.05) is 40.8 Å². The van der Waals surface area contributed by atoms with Gasteiger partial charge in [0.1, 0.15) is 11.9 Å². The van der Waals surface area contributed by atoms with Crippen molar-refractivity contribution in [1.29, 1.82) is 0 Å². The Labute approximate surface area is 191 Å². The number of piperidine rings is 1. The maximum Gasteiger partial charge on any atom is 0.193 e. The minimum absolute atomic E-state index is 0. The number of benzene rings is 1. The molecule has 160 valence electrons. The Morgan fingerprint density at radius 2 is 1.97 bits per heavy atom. The van der Waals surface area contributed by atoms with E-state index in [0.29, 0.717) is 0 Å². The van der Waals surface area contributed by atoms with Gasteiger partial charge in [-0.15, -0.1) is 24.0 Å². The fraction of sp³-hybridized carbons (Fsp3) is 0.524. The van der Waals surface area contributed by atoms with Crippen molar-refractivity contribution in [1.82, 2.24) is 24.9 Å². The maximum absolute atomic E-state index is 6.10. The number of ether oxygens (including phenoxy) is 1. The van der Waals surface area contributed by atoms with Crippen LogP contribution in [0.3, 0.4) is 0 Å². The molecule has 0 bridgehead atoms. The molecule has 1 unspecified atom stereocenters. The van der Waals surface area contributed by atoms with E-state index < -0.39 is 0 Å². The Morgan fingerprint density at radius 3 is 2.52 bits per heavy atom. The topological polar surface area (TPSA) is 57.9 Å². The van der Waals surface area contributed by atoms with Crippen molar-refractivity contribution in [3.8, 4) is 5.75 Å². The van der Waals surface area contributed by atoms with E-state index in [1.165, 1.54) is 5.56 Å². The molecule has 0 radical (unpaired) electrons. The van der Waals surface area contributed by atoms with Crippen molar-refractivity contribution < 1.29 is 4.74 Å². The normalized spacial score (nSPS) is 16.4. The van der Waals surface area contributed by atoms with Gasteiger partial charge >= 0.3 is 0 Å². The SMILES string of the molecule is CN=C(NCC(c1cnn(C)c1)N(C)C)N1CCC(Oc2ccccc2)CC1.I. The van der Waals surface area contributed by atoms with Crippen molar-refractivity contribution in [3.05, 3.63) is 48.3 Å². The van der Waals surface area contributed by atoms with Crippen LogP contribution in [-0.2, 0) is 7.05 Å². The summed E-state index contributed by atoms with van der Waals surface area (Å²) < 4.78 is 7.95. The lowest BCUT2D eigenvalue weighted by atomic mass is 10.1. The van der Waals surface area contributed by atoms with Crippen molar-refractivity contribution in [2.24, 2.45) is 12.0 Å². The van der Waals surface area contributed by atoms with E-state index in [1.54, 1.807) is 0 Å². The summed E-state index contributed by atoms with van der Waals surface area (Å²) in [5.41, 5.74) is 1.20. The molecule has 1 aromatic carbocycles. The Bertz CT molecular complexity index is 756. The monoisotopic (exact) mass is 512 g/mol. The standard InChI is InChI=1S/C21H32N6O.HI/c1-22-21(23-15-20(25(2)3)17-14-24-26(4)16-17)27-12-10-19(11-13-27)28-18-8-6-5-7-9-18;/h5-9,14,16,19-20H,10-13,15H2,1-4H3,(H,22,23);1H. The third-order valence-corrected chi connectivity index (χ3v) is 5.19. The lowest BCUT2D eigenvalue weighted by Gasteiger charge is -2.35. The lowest BCUT2D eigenvalue weighted by molar-refractivity contribution is 0.129. The molecule has 7 nitrogen and oxygen atoms in total. The Balaban J connectivity index is 0.00000300. The van der Waals surface area contributed by atoms with Crippen LogP contribution in [0, 0.1) is 0 Å². The van der Waals surface area contributed by atoms with Gasteiger partial charge in [-0.2, -0.15) is 5.10 Å². The number of likely N-dealkylation sites (tertiary alicyclic amines) is 1. The van der Waals surface area contributed by atoms with Gasteiger partial charge in [0, 0.05) is 58.3 Å². The highest BCUT2D eigenvalue weighted by molar-refractivity contribution is 14.0. The molecule has 0 saturated carbocycles. The second kappa shape index (κ2) is 11.4. The molecule has 29 heavy (non-hydrogen) atoms. The zero-order valence-corrected chi connectivity index (χ0v) is 20.1. The first-order chi connectivity index (χ1) is 13.6. The zero-order chi connectivity index (χ0) is 19.9. The van der Waals surface area contributed by atoms with Gasteiger partial charge in [-0.1, -0.05) is 18.2 Å². The van der Waals surface area contributed by atoms with E-state index in [1.807, 2.05) is 55.3 Å². The van der Waals surface area contributed by atoms with Gasteiger partial charge in [0.25, 0.3) is 0 Å². The summed E-state index contributed by atoms with van der Waals surface area (Å²) in [5.74, 6) is 1.91. The average molecular weight is 512 g/mol. The summed E-state index contributed by atoms with van der Waals surface area (Å²) in [7, 11) is 7.98. The molecule has 0 spiro atoms. The summed E-state index contributed by atoms with van der Waals surface area (Å²) in [4.78, 5) is 9.03. The Kier molecular flexibility index (Phi) is 9.22. The maximum atomic E-state index is 6.10. The van der Waals surface area contributed by atoms with Crippen molar-refractivity contribution >= 4 is 29.9 Å². The predicted octanol–water partition coefficient (Wildman–Crippen LogP) is 2.76. The first-order valence-corrected chi connectivity index (χ1v) is 9.89. The molecule has 1 saturated heterocycles. The molecule has 1 aromatic heterocycles. The number of rotatable bonds is 6. The number of aryl methyl sites for hydroxylation is 1. The first kappa shape index (κ1) is 23.5. The summed E-state index contributed by atoms with van der Waals surface area (Å²) in [6, 6.07) is 10.3. The quantitative estimate of drug-likeness (QED) is 0.367. The van der Waals surface area contributed by atoms with Crippen LogP contribution >= 0.6 is 24.0 Å². The predicted molar refractivity (Wildman–Crippen MR) is 128 cm³/mol. The minimum Gasteiger partial charge on any atom is -0.490 e. The second-order valence-electron chi connectivity index (χ2n) is 7.47. The summed E-state index contributed by atoms with van der Waals surface area (Å²) in [5, 5.41) is 7.86. The van der Waals surface area contributed by atoms with Gasteiger partial charge in [0.05, 0.1) is 12.2 Å². The van der Waals surface area contributed by atoms with Crippen LogP contribution in [0.15, 0.2) is 47.7 Å². The van der Waals surface area contributed by atoms with Crippen LogP contribution in [0.4, 0.5) is 0 Å². The third kappa shape index (κ3) is 6.60. The molecular formula is C21H33IN6O. The van der Waals surface area contributed by atoms with E-state index in [2.05, 4.69) is 45.5 Å². The second-order valence-corrected chi connectivity index (χ2v) is 7.47. The molecule has 8 heteroatoms. The molecule has 1 fully saturated rings. The number of likely N-dealkylation sites (N-methyl/N-ethyl adjacent to an activating group) is 1. The first-order valence-electron chi connectivity index (χ1n) is 9.89. The number of nitrogens with zero attached hydrogens (tertiary/aromatic N) is 5. The molecular weight excluding hydrogens is 479 g/mol. The highest BCUT2D eigenvalue weighted by Gasteiger charge is 2.24. The number of aromatic nitrogens is 2. The van der Waals surface area contributed by atoms with Gasteiger partial charge < -0.3 is 19.9 Å². The molecule has 2 heterocycles. The number of nitrogens with one attached hydrogen (secondary N) is 1. The smallest absolute Gasteiger partial charge is 0.193 e. The van der Waals surface area contributed by atoms with Crippen LogP contribution in [-0.4, -0.2) is 72.4 Å². The van der Waals surface area contributed by atoms with Crippen LogP contribution in [0.25, 0.3) is 0 Å². The van der Waals surface area contributed by atoms with Crippen LogP contribution < -0.4 is 10.1 Å². The number of aliphatic imine (C=N–C) groups is 1. The number of hydrogen-bond acceptors (Lipinski definition) is 4. The van der Waals surface area contributed by atoms with E-state index in [0.717, 1.165) is 44.2 Å². The van der Waals surface area contributed by atoms with Crippen molar-refractivity contribution in [2.45, 2.75) is 25.0 Å². The molecule has 1 aliphatic rings. The molecule has 0 amide bonds. The molecule has 1 N–H and O–H groups in total. The van der Waals surface area contributed by atoms with Crippen molar-refractivity contribution in [3.63, 3.8) is 0 Å². The van der Waals surface area contributed by atoms with E-state index in [-0.39, 0.29) is 36.1 Å². The minimum atomic E-state index is 0. The largest absolute Gasteiger partial charge is 0.490 e. The number of hydrogen-bond donors (Lipinski definition) is 1. The number of para-hydroxylation sites is 1. The van der Waals surface area contributed by atoms with Gasteiger partial charge in [-0.05, 0) is 26.2 Å². The van der Waals surface area contributed by atoms with Crippen LogP contribution in [0.1, 0.15) is 24.4 Å². The number of halogens is 1.